The van der Waals surface area contributed by atoms with Gasteiger partial charge in [0.2, 0.25) is 0 Å². The molecule has 0 aliphatic carbocycles. The highest BCUT2D eigenvalue weighted by molar-refractivity contribution is 7.94. The van der Waals surface area contributed by atoms with Gasteiger partial charge in [-0.15, -0.1) is 11.3 Å². The molecular formula is C18H13F2NO4S2. The monoisotopic (exact) mass is 409 g/mol. The molecule has 27 heavy (non-hydrogen) atoms. The Hall–Kier alpha value is -2.78. The van der Waals surface area contributed by atoms with Gasteiger partial charge >= 0.3 is 5.97 Å². The SMILES string of the molecule is O=C(OCc1cccc(F)c1F)c1ccccc1NS(=O)(=O)c1cccs1. The average Bonchev–Trinajstić information content (AvgIpc) is 3.19. The van der Waals surface area contributed by atoms with E-state index < -0.39 is 34.2 Å². The molecule has 0 atom stereocenters. The fraction of sp³-hybridized carbons (Fsp3) is 0.0556. The van der Waals surface area contributed by atoms with Crippen LogP contribution in [0.3, 0.4) is 0 Å². The molecule has 0 fully saturated rings. The lowest BCUT2D eigenvalue weighted by Crippen LogP contribution is -2.15. The number of para-hydroxylation sites is 1. The third-order valence-electron chi connectivity index (χ3n) is 3.54. The fourth-order valence-corrected chi connectivity index (χ4v) is 4.32. The summed E-state index contributed by atoms with van der Waals surface area (Å²) in [4.78, 5) is 12.3. The van der Waals surface area contributed by atoms with Gasteiger partial charge in [-0.2, -0.15) is 0 Å². The molecule has 0 amide bonds. The summed E-state index contributed by atoms with van der Waals surface area (Å²) >= 11 is 1.03. The normalized spacial score (nSPS) is 11.2. The molecule has 0 aliphatic heterocycles. The molecule has 0 bridgehead atoms. The van der Waals surface area contributed by atoms with Crippen molar-refractivity contribution in [2.24, 2.45) is 0 Å². The fourth-order valence-electron chi connectivity index (χ4n) is 2.24. The van der Waals surface area contributed by atoms with Gasteiger partial charge in [-0.05, 0) is 29.6 Å². The molecule has 1 aromatic heterocycles. The number of hydrogen-bond donors (Lipinski definition) is 1. The van der Waals surface area contributed by atoms with Crippen molar-refractivity contribution in [2.75, 3.05) is 4.72 Å². The van der Waals surface area contributed by atoms with Gasteiger partial charge < -0.3 is 4.74 Å². The first-order valence-corrected chi connectivity index (χ1v) is 10.00. The highest BCUT2D eigenvalue weighted by Crippen LogP contribution is 2.24. The summed E-state index contributed by atoms with van der Waals surface area (Å²) in [5.41, 5.74) is -0.148. The molecule has 0 radical (unpaired) electrons. The van der Waals surface area contributed by atoms with Crippen LogP contribution in [0.4, 0.5) is 14.5 Å². The summed E-state index contributed by atoms with van der Waals surface area (Å²) in [5.74, 6) is -3.02. The van der Waals surface area contributed by atoms with Gasteiger partial charge in [0.15, 0.2) is 11.6 Å². The first-order valence-electron chi connectivity index (χ1n) is 7.64. The smallest absolute Gasteiger partial charge is 0.340 e. The first kappa shape index (κ1) is 19.0. The minimum atomic E-state index is -3.85. The zero-order chi connectivity index (χ0) is 19.4. The number of rotatable bonds is 6. The van der Waals surface area contributed by atoms with Crippen LogP contribution in [-0.2, 0) is 21.4 Å². The number of thiophene rings is 1. The second kappa shape index (κ2) is 7.85. The highest BCUT2D eigenvalue weighted by Gasteiger charge is 2.20. The van der Waals surface area contributed by atoms with Crippen LogP contribution in [0.5, 0.6) is 0 Å². The molecule has 0 aliphatic rings. The van der Waals surface area contributed by atoms with E-state index in [-0.39, 0.29) is 21.0 Å². The predicted octanol–water partition coefficient (Wildman–Crippen LogP) is 4.18. The Morgan fingerprint density at radius 1 is 1.04 bits per heavy atom. The van der Waals surface area contributed by atoms with Gasteiger partial charge in [0.05, 0.1) is 11.3 Å². The Morgan fingerprint density at radius 3 is 2.56 bits per heavy atom. The molecular weight excluding hydrogens is 396 g/mol. The number of halogens is 2. The van der Waals surface area contributed by atoms with Crippen molar-refractivity contribution in [3.63, 3.8) is 0 Å². The first-order chi connectivity index (χ1) is 12.9. The van der Waals surface area contributed by atoms with Gasteiger partial charge in [-0.3, -0.25) is 4.72 Å². The molecule has 0 spiro atoms. The second-order valence-electron chi connectivity index (χ2n) is 5.37. The molecule has 9 heteroatoms. The van der Waals surface area contributed by atoms with Crippen molar-refractivity contribution < 1.29 is 26.7 Å². The van der Waals surface area contributed by atoms with Gasteiger partial charge in [0, 0.05) is 5.56 Å². The second-order valence-corrected chi connectivity index (χ2v) is 8.23. The molecule has 2 aromatic carbocycles. The molecule has 5 nitrogen and oxygen atoms in total. The summed E-state index contributed by atoms with van der Waals surface area (Å²) in [6.07, 6.45) is 0. The van der Waals surface area contributed by atoms with Crippen molar-refractivity contribution in [3.8, 4) is 0 Å². The van der Waals surface area contributed by atoms with E-state index in [2.05, 4.69) is 4.72 Å². The molecule has 1 N–H and O–H groups in total. The van der Waals surface area contributed by atoms with Crippen LogP contribution in [-0.4, -0.2) is 14.4 Å². The third kappa shape index (κ3) is 4.32. The lowest BCUT2D eigenvalue weighted by molar-refractivity contribution is 0.0469. The summed E-state index contributed by atoms with van der Waals surface area (Å²) in [6.45, 7) is -0.492. The Labute approximate surface area is 158 Å². The number of carbonyl (C=O) groups is 1. The predicted molar refractivity (Wildman–Crippen MR) is 97.0 cm³/mol. The minimum Gasteiger partial charge on any atom is -0.457 e. The number of carbonyl (C=O) groups excluding carboxylic acids is 1. The number of ether oxygens (including phenoxy) is 1. The maximum absolute atomic E-state index is 13.7. The summed E-state index contributed by atoms with van der Waals surface area (Å²) < 4.78 is 59.0. The van der Waals surface area contributed by atoms with Crippen LogP contribution >= 0.6 is 11.3 Å². The van der Waals surface area contributed by atoms with Crippen molar-refractivity contribution in [1.82, 2.24) is 0 Å². The van der Waals surface area contributed by atoms with E-state index in [1.165, 1.54) is 36.4 Å². The quantitative estimate of drug-likeness (QED) is 0.620. The number of hydrogen-bond acceptors (Lipinski definition) is 5. The van der Waals surface area contributed by atoms with Crippen molar-refractivity contribution in [3.05, 3.63) is 82.7 Å². The number of anilines is 1. The number of sulfonamides is 1. The largest absolute Gasteiger partial charge is 0.457 e. The molecule has 1 heterocycles. The Morgan fingerprint density at radius 2 is 1.81 bits per heavy atom. The standard InChI is InChI=1S/C18H13F2NO4S2/c19-14-7-3-5-12(17(14)20)11-25-18(22)13-6-1-2-8-15(13)21-27(23,24)16-9-4-10-26-16/h1-10,21H,11H2. The van der Waals surface area contributed by atoms with Crippen LogP contribution in [0.1, 0.15) is 15.9 Å². The Balaban J connectivity index is 1.79. The van der Waals surface area contributed by atoms with Crippen molar-refractivity contribution in [2.45, 2.75) is 10.8 Å². The van der Waals surface area contributed by atoms with Gasteiger partial charge in [-0.1, -0.05) is 30.3 Å². The average molecular weight is 409 g/mol. The minimum absolute atomic E-state index is 0.0237. The lowest BCUT2D eigenvalue weighted by Gasteiger charge is -2.12. The van der Waals surface area contributed by atoms with E-state index in [9.17, 15) is 22.0 Å². The molecule has 3 rings (SSSR count). The van der Waals surface area contributed by atoms with E-state index in [4.69, 9.17) is 4.74 Å². The van der Waals surface area contributed by atoms with Crippen LogP contribution in [0.2, 0.25) is 0 Å². The summed E-state index contributed by atoms with van der Waals surface area (Å²) in [5, 5.41) is 1.61. The van der Waals surface area contributed by atoms with Crippen LogP contribution in [0.25, 0.3) is 0 Å². The summed E-state index contributed by atoms with van der Waals surface area (Å²) in [6, 6.07) is 12.4. The maximum atomic E-state index is 13.7. The lowest BCUT2D eigenvalue weighted by atomic mass is 10.2. The Bertz CT molecular complexity index is 1070. The van der Waals surface area contributed by atoms with Crippen LogP contribution < -0.4 is 4.72 Å². The van der Waals surface area contributed by atoms with E-state index >= 15 is 0 Å². The number of benzene rings is 2. The van der Waals surface area contributed by atoms with Crippen molar-refractivity contribution >= 4 is 33.0 Å². The van der Waals surface area contributed by atoms with E-state index in [0.717, 1.165) is 17.4 Å². The number of nitrogens with one attached hydrogen (secondary N) is 1. The zero-order valence-corrected chi connectivity index (χ0v) is 15.3. The topological polar surface area (TPSA) is 72.5 Å². The maximum Gasteiger partial charge on any atom is 0.340 e. The van der Waals surface area contributed by atoms with Gasteiger partial charge in [-0.25, -0.2) is 22.0 Å². The van der Waals surface area contributed by atoms with E-state index in [1.807, 2.05) is 0 Å². The highest BCUT2D eigenvalue weighted by atomic mass is 32.2. The molecule has 140 valence electrons. The summed E-state index contributed by atoms with van der Waals surface area (Å²) in [7, 11) is -3.85. The number of esters is 1. The Kier molecular flexibility index (Phi) is 5.52. The van der Waals surface area contributed by atoms with Gasteiger partial charge in [0.1, 0.15) is 10.8 Å². The molecule has 0 saturated carbocycles. The van der Waals surface area contributed by atoms with Gasteiger partial charge in [0.25, 0.3) is 10.0 Å². The molecule has 0 unspecified atom stereocenters. The third-order valence-corrected chi connectivity index (χ3v) is 6.30. The zero-order valence-electron chi connectivity index (χ0n) is 13.7. The molecule has 3 aromatic rings. The van der Waals surface area contributed by atoms with Crippen molar-refractivity contribution in [1.29, 1.82) is 0 Å². The van der Waals surface area contributed by atoms with E-state index in [1.54, 1.807) is 17.5 Å². The van der Waals surface area contributed by atoms with Crippen LogP contribution in [0.15, 0.2) is 64.2 Å². The van der Waals surface area contributed by atoms with Crippen LogP contribution in [0, 0.1) is 11.6 Å². The van der Waals surface area contributed by atoms with E-state index in [0.29, 0.717) is 0 Å². The molecule has 0 saturated heterocycles.